The quantitative estimate of drug-likeness (QED) is 0.298. The van der Waals surface area contributed by atoms with Gasteiger partial charge in [0.05, 0.1) is 11.6 Å². The van der Waals surface area contributed by atoms with Crippen LogP contribution in [0, 0.1) is 31.0 Å². The van der Waals surface area contributed by atoms with Crippen molar-refractivity contribution in [1.82, 2.24) is 0 Å². The molecule has 0 heterocycles. The van der Waals surface area contributed by atoms with Crippen LogP contribution in [0.4, 0.5) is 10.1 Å². The summed E-state index contributed by atoms with van der Waals surface area (Å²) in [5.41, 5.74) is 3.52. The second kappa shape index (κ2) is 10.8. The first kappa shape index (κ1) is 24.0. The summed E-state index contributed by atoms with van der Waals surface area (Å²) in [5.74, 6) is -0.114. The van der Waals surface area contributed by atoms with Crippen molar-refractivity contribution >= 4 is 33.6 Å². The molecule has 0 saturated heterocycles. The van der Waals surface area contributed by atoms with E-state index in [0.29, 0.717) is 32.8 Å². The minimum absolute atomic E-state index is 0.0124. The summed E-state index contributed by atoms with van der Waals surface area (Å²) in [5, 5.41) is 12.4. The van der Waals surface area contributed by atoms with E-state index in [0.717, 1.165) is 11.1 Å². The Balaban J connectivity index is 1.85. The molecule has 0 bridgehead atoms. The van der Waals surface area contributed by atoms with E-state index >= 15 is 0 Å². The summed E-state index contributed by atoms with van der Waals surface area (Å²) in [7, 11) is 1.48. The summed E-state index contributed by atoms with van der Waals surface area (Å²) in [6, 6.07) is 17.2. The van der Waals surface area contributed by atoms with Crippen LogP contribution in [-0.2, 0) is 11.4 Å². The number of nitriles is 1. The standard InChI is InChI=1S/C26H22BrFN2O3/c1-16-7-6-10-23(17(16)2)30-26(31)20(14-29)11-18-12-21(27)25(24(13-18)32-3)33-15-19-8-4-5-9-22(19)28/h4-13H,15H2,1-3H3,(H,30,31)/b20-11+. The van der Waals surface area contributed by atoms with Gasteiger partial charge in [-0.3, -0.25) is 4.79 Å². The molecule has 0 unspecified atom stereocenters. The molecule has 0 spiro atoms. The average molecular weight is 509 g/mol. The van der Waals surface area contributed by atoms with Crippen LogP contribution in [0.1, 0.15) is 22.3 Å². The molecule has 0 fully saturated rings. The van der Waals surface area contributed by atoms with Crippen molar-refractivity contribution in [1.29, 1.82) is 5.26 Å². The summed E-state index contributed by atoms with van der Waals surface area (Å²) in [4.78, 5) is 12.7. The Labute approximate surface area is 200 Å². The molecule has 168 valence electrons. The van der Waals surface area contributed by atoms with Crippen molar-refractivity contribution in [3.05, 3.63) is 92.7 Å². The van der Waals surface area contributed by atoms with Gasteiger partial charge in [-0.2, -0.15) is 5.26 Å². The number of rotatable bonds is 7. The van der Waals surface area contributed by atoms with Crippen molar-refractivity contribution in [2.24, 2.45) is 0 Å². The molecular formula is C26H22BrFN2O3. The Morgan fingerprint density at radius 1 is 1.18 bits per heavy atom. The SMILES string of the molecule is COc1cc(/C=C(\C#N)C(=O)Nc2cccc(C)c2C)cc(Br)c1OCc1ccccc1F. The number of hydrogen-bond donors (Lipinski definition) is 1. The van der Waals surface area contributed by atoms with Gasteiger partial charge in [-0.05, 0) is 76.8 Å². The minimum Gasteiger partial charge on any atom is -0.493 e. The van der Waals surface area contributed by atoms with Crippen LogP contribution in [0.5, 0.6) is 11.5 Å². The lowest BCUT2D eigenvalue weighted by atomic mass is 10.1. The Bertz CT molecular complexity index is 1260. The van der Waals surface area contributed by atoms with Crippen molar-refractivity contribution in [2.75, 3.05) is 12.4 Å². The fourth-order valence-corrected chi connectivity index (χ4v) is 3.69. The van der Waals surface area contributed by atoms with Crippen LogP contribution < -0.4 is 14.8 Å². The van der Waals surface area contributed by atoms with Gasteiger partial charge >= 0.3 is 0 Å². The number of nitrogens with zero attached hydrogens (tertiary/aromatic N) is 1. The monoisotopic (exact) mass is 508 g/mol. The first-order valence-corrected chi connectivity index (χ1v) is 10.9. The predicted octanol–water partition coefficient (Wildman–Crippen LogP) is 6.34. The first-order valence-electron chi connectivity index (χ1n) is 10.1. The third kappa shape index (κ3) is 5.79. The fourth-order valence-electron chi connectivity index (χ4n) is 3.12. The highest BCUT2D eigenvalue weighted by molar-refractivity contribution is 9.10. The summed E-state index contributed by atoms with van der Waals surface area (Å²) < 4.78 is 25.7. The first-order chi connectivity index (χ1) is 15.8. The Morgan fingerprint density at radius 3 is 2.64 bits per heavy atom. The topological polar surface area (TPSA) is 71.3 Å². The lowest BCUT2D eigenvalue weighted by Crippen LogP contribution is -2.14. The van der Waals surface area contributed by atoms with Crippen LogP contribution in [0.15, 0.2) is 64.6 Å². The third-order valence-corrected chi connectivity index (χ3v) is 5.70. The molecule has 1 amide bonds. The van der Waals surface area contributed by atoms with E-state index in [-0.39, 0.29) is 18.0 Å². The molecule has 0 aromatic heterocycles. The van der Waals surface area contributed by atoms with Crippen molar-refractivity contribution in [3.63, 3.8) is 0 Å². The lowest BCUT2D eigenvalue weighted by Gasteiger charge is -2.14. The van der Waals surface area contributed by atoms with Crippen molar-refractivity contribution in [2.45, 2.75) is 20.5 Å². The summed E-state index contributed by atoms with van der Waals surface area (Å²) in [6.07, 6.45) is 1.47. The number of ether oxygens (including phenoxy) is 2. The molecule has 0 radical (unpaired) electrons. The maximum absolute atomic E-state index is 13.9. The Morgan fingerprint density at radius 2 is 1.94 bits per heavy atom. The highest BCUT2D eigenvalue weighted by Gasteiger charge is 2.15. The molecule has 0 saturated carbocycles. The molecule has 0 aliphatic rings. The molecular weight excluding hydrogens is 487 g/mol. The van der Waals surface area contributed by atoms with E-state index in [2.05, 4.69) is 21.2 Å². The number of carbonyl (C=O) groups is 1. The molecule has 0 aliphatic heterocycles. The number of halogens is 2. The van der Waals surface area contributed by atoms with E-state index in [1.54, 1.807) is 36.4 Å². The van der Waals surface area contributed by atoms with Gasteiger partial charge in [0.15, 0.2) is 11.5 Å². The average Bonchev–Trinajstić information content (AvgIpc) is 2.80. The van der Waals surface area contributed by atoms with E-state index in [4.69, 9.17) is 9.47 Å². The van der Waals surface area contributed by atoms with E-state index < -0.39 is 5.91 Å². The summed E-state index contributed by atoms with van der Waals surface area (Å²) >= 11 is 3.44. The zero-order valence-electron chi connectivity index (χ0n) is 18.4. The maximum Gasteiger partial charge on any atom is 0.266 e. The smallest absolute Gasteiger partial charge is 0.266 e. The van der Waals surface area contributed by atoms with E-state index in [1.807, 2.05) is 32.0 Å². The number of anilines is 1. The second-order valence-electron chi connectivity index (χ2n) is 7.29. The molecule has 0 aliphatic carbocycles. The van der Waals surface area contributed by atoms with E-state index in [1.165, 1.54) is 19.3 Å². The molecule has 7 heteroatoms. The second-order valence-corrected chi connectivity index (χ2v) is 8.14. The van der Waals surface area contributed by atoms with Crippen LogP contribution in [-0.4, -0.2) is 13.0 Å². The molecule has 3 rings (SSSR count). The molecule has 3 aromatic carbocycles. The number of benzene rings is 3. The number of hydrogen-bond acceptors (Lipinski definition) is 4. The van der Waals surface area contributed by atoms with Crippen LogP contribution >= 0.6 is 15.9 Å². The lowest BCUT2D eigenvalue weighted by molar-refractivity contribution is -0.112. The highest BCUT2D eigenvalue weighted by atomic mass is 79.9. The number of carbonyl (C=O) groups excluding carboxylic acids is 1. The molecule has 0 atom stereocenters. The van der Waals surface area contributed by atoms with Gasteiger partial charge < -0.3 is 14.8 Å². The third-order valence-electron chi connectivity index (χ3n) is 5.11. The van der Waals surface area contributed by atoms with Crippen LogP contribution in [0.3, 0.4) is 0 Å². The number of aryl methyl sites for hydroxylation is 1. The van der Waals surface area contributed by atoms with Crippen LogP contribution in [0.25, 0.3) is 6.08 Å². The number of nitrogens with one attached hydrogen (secondary N) is 1. The van der Waals surface area contributed by atoms with Gasteiger partial charge in [-0.1, -0.05) is 30.3 Å². The molecule has 3 aromatic rings. The van der Waals surface area contributed by atoms with E-state index in [9.17, 15) is 14.4 Å². The maximum atomic E-state index is 13.9. The largest absolute Gasteiger partial charge is 0.493 e. The fraction of sp³-hybridized carbons (Fsp3) is 0.154. The predicted molar refractivity (Wildman–Crippen MR) is 130 cm³/mol. The zero-order valence-corrected chi connectivity index (χ0v) is 20.0. The van der Waals surface area contributed by atoms with Gasteiger partial charge in [0.2, 0.25) is 0 Å². The Hall–Kier alpha value is -3.63. The molecule has 1 N–H and O–H groups in total. The van der Waals surface area contributed by atoms with Gasteiger partial charge in [-0.15, -0.1) is 0 Å². The van der Waals surface area contributed by atoms with Crippen molar-refractivity contribution in [3.8, 4) is 17.6 Å². The molecule has 5 nitrogen and oxygen atoms in total. The number of amides is 1. The number of methoxy groups -OCH3 is 1. The van der Waals surface area contributed by atoms with Crippen molar-refractivity contribution < 1.29 is 18.7 Å². The van der Waals surface area contributed by atoms with Gasteiger partial charge in [0, 0.05) is 11.3 Å². The van der Waals surface area contributed by atoms with Crippen LogP contribution in [0.2, 0.25) is 0 Å². The molecule has 33 heavy (non-hydrogen) atoms. The van der Waals surface area contributed by atoms with Gasteiger partial charge in [0.1, 0.15) is 24.1 Å². The van der Waals surface area contributed by atoms with Gasteiger partial charge in [0.25, 0.3) is 5.91 Å². The van der Waals surface area contributed by atoms with Gasteiger partial charge in [-0.25, -0.2) is 4.39 Å². The highest BCUT2D eigenvalue weighted by Crippen LogP contribution is 2.38. The Kier molecular flexibility index (Phi) is 7.86. The minimum atomic E-state index is -0.513. The normalized spacial score (nSPS) is 11.0. The summed E-state index contributed by atoms with van der Waals surface area (Å²) in [6.45, 7) is 3.87. The zero-order chi connectivity index (χ0) is 24.0.